The zero-order valence-electron chi connectivity index (χ0n) is 17.9. The van der Waals surface area contributed by atoms with Crippen LogP contribution in [0.3, 0.4) is 0 Å². The van der Waals surface area contributed by atoms with E-state index in [4.69, 9.17) is 4.74 Å². The van der Waals surface area contributed by atoms with Gasteiger partial charge in [0.25, 0.3) is 0 Å². The highest BCUT2D eigenvalue weighted by Crippen LogP contribution is 2.28. The number of halogens is 1. The molecular formula is C23H33IN4O. The molecule has 6 heteroatoms. The second-order valence-corrected chi connectivity index (χ2v) is 7.61. The van der Waals surface area contributed by atoms with Crippen molar-refractivity contribution >= 4 is 29.9 Å². The summed E-state index contributed by atoms with van der Waals surface area (Å²) in [4.78, 5) is 9.10. The number of methoxy groups -OCH3 is 1. The molecule has 2 aromatic carbocycles. The summed E-state index contributed by atoms with van der Waals surface area (Å²) in [6, 6.07) is 17.1. The molecular weight excluding hydrogens is 475 g/mol. The van der Waals surface area contributed by atoms with Gasteiger partial charge in [-0.05, 0) is 49.3 Å². The third kappa shape index (κ3) is 6.34. The first-order valence-corrected chi connectivity index (χ1v) is 9.91. The number of nitrogens with zero attached hydrogens (tertiary/aromatic N) is 3. The number of guanidine groups is 1. The summed E-state index contributed by atoms with van der Waals surface area (Å²) in [6.45, 7) is 3.75. The van der Waals surface area contributed by atoms with Gasteiger partial charge < -0.3 is 19.9 Å². The molecule has 1 aliphatic rings. The number of ether oxygens (including phenoxy) is 1. The Morgan fingerprint density at radius 1 is 1.14 bits per heavy atom. The second-order valence-electron chi connectivity index (χ2n) is 7.61. The van der Waals surface area contributed by atoms with Gasteiger partial charge in [-0.25, -0.2) is 0 Å². The summed E-state index contributed by atoms with van der Waals surface area (Å²) in [5.41, 5.74) is 4.05. The molecule has 0 saturated carbocycles. The number of aliphatic imine (C=N–C) groups is 1. The minimum Gasteiger partial charge on any atom is -0.497 e. The maximum atomic E-state index is 5.27. The smallest absolute Gasteiger partial charge is 0.193 e. The number of likely N-dealkylation sites (tertiary alicyclic amines) is 1. The van der Waals surface area contributed by atoms with Crippen LogP contribution >= 0.6 is 24.0 Å². The van der Waals surface area contributed by atoms with Gasteiger partial charge in [-0.2, -0.15) is 0 Å². The average Bonchev–Trinajstić information content (AvgIpc) is 3.19. The average molecular weight is 508 g/mol. The fourth-order valence-electron chi connectivity index (χ4n) is 3.83. The molecule has 0 radical (unpaired) electrons. The van der Waals surface area contributed by atoms with Gasteiger partial charge in [-0.15, -0.1) is 24.0 Å². The quantitative estimate of drug-likeness (QED) is 0.365. The monoisotopic (exact) mass is 508 g/mol. The van der Waals surface area contributed by atoms with Crippen LogP contribution in [0.1, 0.15) is 29.0 Å². The molecule has 1 unspecified atom stereocenters. The molecule has 1 fully saturated rings. The van der Waals surface area contributed by atoms with E-state index in [9.17, 15) is 0 Å². The van der Waals surface area contributed by atoms with E-state index in [1.807, 2.05) is 19.2 Å². The SMILES string of the molecule is CN=C(NCc1ccccc1CN(C)C)N1CCC(c2ccc(OC)cc2)C1.I. The standard InChI is InChI=1S/C23H32N4O.HI/c1-24-23(25-15-19-7-5-6-8-20(19)16-26(2)3)27-14-13-21(17-27)18-9-11-22(28-4)12-10-18;/h5-12,21H,13-17H2,1-4H3,(H,24,25);1H. The third-order valence-corrected chi connectivity index (χ3v) is 5.33. The summed E-state index contributed by atoms with van der Waals surface area (Å²) in [6.07, 6.45) is 1.14. The maximum absolute atomic E-state index is 5.27. The van der Waals surface area contributed by atoms with Crippen LogP contribution < -0.4 is 10.1 Å². The van der Waals surface area contributed by atoms with Crippen molar-refractivity contribution < 1.29 is 4.74 Å². The Balaban J connectivity index is 0.00000300. The van der Waals surface area contributed by atoms with Crippen molar-refractivity contribution in [2.45, 2.75) is 25.4 Å². The Bertz CT molecular complexity index is 792. The predicted molar refractivity (Wildman–Crippen MR) is 131 cm³/mol. The largest absolute Gasteiger partial charge is 0.497 e. The Morgan fingerprint density at radius 2 is 1.83 bits per heavy atom. The minimum absolute atomic E-state index is 0. The highest BCUT2D eigenvalue weighted by atomic mass is 127. The summed E-state index contributed by atoms with van der Waals surface area (Å²) in [7, 11) is 7.78. The van der Waals surface area contributed by atoms with Crippen LogP contribution in [0.5, 0.6) is 5.75 Å². The summed E-state index contributed by atoms with van der Waals surface area (Å²) in [5, 5.41) is 3.57. The van der Waals surface area contributed by atoms with Crippen LogP contribution in [0.4, 0.5) is 0 Å². The highest BCUT2D eigenvalue weighted by Gasteiger charge is 2.26. The first-order valence-electron chi connectivity index (χ1n) is 9.91. The lowest BCUT2D eigenvalue weighted by Crippen LogP contribution is -2.39. The lowest BCUT2D eigenvalue weighted by Gasteiger charge is -2.23. The second kappa shape index (κ2) is 11.4. The zero-order chi connectivity index (χ0) is 19.9. The van der Waals surface area contributed by atoms with Crippen LogP contribution in [-0.2, 0) is 13.1 Å². The molecule has 0 amide bonds. The molecule has 2 aromatic rings. The number of nitrogens with one attached hydrogen (secondary N) is 1. The summed E-state index contributed by atoms with van der Waals surface area (Å²) in [5.74, 6) is 2.42. The molecule has 158 valence electrons. The number of rotatable bonds is 6. The van der Waals surface area contributed by atoms with Crippen LogP contribution in [-0.4, -0.2) is 57.1 Å². The van der Waals surface area contributed by atoms with E-state index < -0.39 is 0 Å². The van der Waals surface area contributed by atoms with Gasteiger partial charge in [0, 0.05) is 39.1 Å². The third-order valence-electron chi connectivity index (χ3n) is 5.33. The minimum atomic E-state index is 0. The fraction of sp³-hybridized carbons (Fsp3) is 0.435. The molecule has 0 aromatic heterocycles. The van der Waals surface area contributed by atoms with Crippen molar-refractivity contribution in [2.75, 3.05) is 41.3 Å². The van der Waals surface area contributed by atoms with E-state index in [0.717, 1.165) is 44.3 Å². The molecule has 0 spiro atoms. The normalized spacial score (nSPS) is 16.7. The number of hydrogen-bond acceptors (Lipinski definition) is 3. The van der Waals surface area contributed by atoms with Gasteiger partial charge in [0.05, 0.1) is 7.11 Å². The van der Waals surface area contributed by atoms with E-state index in [2.05, 4.69) is 70.6 Å². The lowest BCUT2D eigenvalue weighted by molar-refractivity contribution is 0.400. The number of hydrogen-bond donors (Lipinski definition) is 1. The molecule has 1 aliphatic heterocycles. The van der Waals surface area contributed by atoms with E-state index in [1.54, 1.807) is 7.11 Å². The van der Waals surface area contributed by atoms with E-state index in [0.29, 0.717) is 5.92 Å². The zero-order valence-corrected chi connectivity index (χ0v) is 20.2. The Hall–Kier alpha value is -1.80. The van der Waals surface area contributed by atoms with Crippen molar-refractivity contribution in [3.63, 3.8) is 0 Å². The molecule has 29 heavy (non-hydrogen) atoms. The van der Waals surface area contributed by atoms with Gasteiger partial charge in [0.2, 0.25) is 0 Å². The molecule has 5 nitrogen and oxygen atoms in total. The van der Waals surface area contributed by atoms with Crippen molar-refractivity contribution in [1.29, 1.82) is 0 Å². The molecule has 1 N–H and O–H groups in total. The van der Waals surface area contributed by atoms with Crippen molar-refractivity contribution in [3.8, 4) is 5.75 Å². The van der Waals surface area contributed by atoms with Crippen LogP contribution in [0.15, 0.2) is 53.5 Å². The topological polar surface area (TPSA) is 40.1 Å². The van der Waals surface area contributed by atoms with Gasteiger partial charge in [0.1, 0.15) is 5.75 Å². The first kappa shape index (κ1) is 23.5. The lowest BCUT2D eigenvalue weighted by atomic mass is 9.98. The van der Waals surface area contributed by atoms with Crippen LogP contribution in [0, 0.1) is 0 Å². The van der Waals surface area contributed by atoms with Crippen molar-refractivity contribution in [3.05, 3.63) is 65.2 Å². The Labute approximate surface area is 192 Å². The first-order chi connectivity index (χ1) is 13.6. The van der Waals surface area contributed by atoms with Crippen LogP contribution in [0.25, 0.3) is 0 Å². The summed E-state index contributed by atoms with van der Waals surface area (Å²) < 4.78 is 5.27. The Kier molecular flexibility index (Phi) is 9.23. The summed E-state index contributed by atoms with van der Waals surface area (Å²) >= 11 is 0. The van der Waals surface area contributed by atoms with Gasteiger partial charge in [-0.1, -0.05) is 36.4 Å². The van der Waals surface area contributed by atoms with E-state index >= 15 is 0 Å². The predicted octanol–water partition coefficient (Wildman–Crippen LogP) is 3.94. The van der Waals surface area contributed by atoms with E-state index in [-0.39, 0.29) is 24.0 Å². The van der Waals surface area contributed by atoms with Gasteiger partial charge in [-0.3, -0.25) is 4.99 Å². The van der Waals surface area contributed by atoms with Gasteiger partial charge in [0.15, 0.2) is 5.96 Å². The highest BCUT2D eigenvalue weighted by molar-refractivity contribution is 14.0. The maximum Gasteiger partial charge on any atom is 0.193 e. The van der Waals surface area contributed by atoms with E-state index in [1.165, 1.54) is 16.7 Å². The van der Waals surface area contributed by atoms with Crippen molar-refractivity contribution in [1.82, 2.24) is 15.1 Å². The Morgan fingerprint density at radius 3 is 2.45 bits per heavy atom. The molecule has 0 bridgehead atoms. The molecule has 1 saturated heterocycles. The molecule has 1 atom stereocenters. The molecule has 3 rings (SSSR count). The molecule has 0 aliphatic carbocycles. The van der Waals surface area contributed by atoms with Crippen molar-refractivity contribution in [2.24, 2.45) is 4.99 Å². The van der Waals surface area contributed by atoms with Gasteiger partial charge >= 0.3 is 0 Å². The van der Waals surface area contributed by atoms with Crippen LogP contribution in [0.2, 0.25) is 0 Å². The molecule has 1 heterocycles. The fourth-order valence-corrected chi connectivity index (χ4v) is 3.83. The number of benzene rings is 2.